The molecule has 0 bridgehead atoms. The van der Waals surface area contributed by atoms with Crippen LogP contribution >= 0.6 is 0 Å². The highest BCUT2D eigenvalue weighted by molar-refractivity contribution is 5.08. The van der Waals surface area contributed by atoms with E-state index >= 15 is 0 Å². The van der Waals surface area contributed by atoms with Crippen molar-refractivity contribution in [3.05, 3.63) is 23.8 Å². The first-order chi connectivity index (χ1) is 7.81. The Morgan fingerprint density at radius 3 is 3.12 bits per heavy atom. The van der Waals surface area contributed by atoms with Crippen molar-refractivity contribution in [1.29, 1.82) is 0 Å². The van der Waals surface area contributed by atoms with Crippen LogP contribution in [0.2, 0.25) is 0 Å². The van der Waals surface area contributed by atoms with E-state index in [1.165, 1.54) is 12.8 Å². The minimum absolute atomic E-state index is 0.433. The molecule has 1 atom stereocenters. The standard InChI is InChI=1S/C12H19N3O/c1-10-8-13-9-11(14-10)12-4-3-5-15(12)6-7-16-2/h8-9,12H,3-7H2,1-2H3/t12-/m0/s1. The van der Waals surface area contributed by atoms with Gasteiger partial charge in [0.15, 0.2) is 0 Å². The summed E-state index contributed by atoms with van der Waals surface area (Å²) in [5, 5.41) is 0. The summed E-state index contributed by atoms with van der Waals surface area (Å²) in [4.78, 5) is 11.2. The molecule has 88 valence electrons. The molecule has 16 heavy (non-hydrogen) atoms. The average molecular weight is 221 g/mol. The Kier molecular flexibility index (Phi) is 3.85. The fourth-order valence-electron chi connectivity index (χ4n) is 2.28. The molecule has 4 heteroatoms. The second-order valence-electron chi connectivity index (χ2n) is 4.27. The first-order valence-corrected chi connectivity index (χ1v) is 5.83. The molecule has 0 amide bonds. The molecular formula is C12H19N3O. The summed E-state index contributed by atoms with van der Waals surface area (Å²) in [5.74, 6) is 0. The zero-order valence-corrected chi connectivity index (χ0v) is 10.0. The van der Waals surface area contributed by atoms with Crippen LogP contribution in [-0.4, -0.2) is 41.7 Å². The van der Waals surface area contributed by atoms with Gasteiger partial charge in [-0.1, -0.05) is 0 Å². The Bertz CT molecular complexity index is 343. The SMILES string of the molecule is COCCN1CCC[C@H]1c1cncc(C)n1. The Balaban J connectivity index is 2.07. The number of aryl methyl sites for hydroxylation is 1. The maximum atomic E-state index is 5.13. The lowest BCUT2D eigenvalue weighted by molar-refractivity contribution is 0.140. The minimum Gasteiger partial charge on any atom is -0.383 e. The molecule has 4 nitrogen and oxygen atoms in total. The summed E-state index contributed by atoms with van der Waals surface area (Å²) in [6.07, 6.45) is 6.12. The number of rotatable bonds is 4. The molecular weight excluding hydrogens is 202 g/mol. The quantitative estimate of drug-likeness (QED) is 0.773. The van der Waals surface area contributed by atoms with Gasteiger partial charge < -0.3 is 4.74 Å². The average Bonchev–Trinajstić information content (AvgIpc) is 2.74. The van der Waals surface area contributed by atoms with Crippen molar-refractivity contribution in [2.24, 2.45) is 0 Å². The lowest BCUT2D eigenvalue weighted by Gasteiger charge is -2.23. The van der Waals surface area contributed by atoms with Gasteiger partial charge >= 0.3 is 0 Å². The predicted octanol–water partition coefficient (Wildman–Crippen LogP) is 1.57. The largest absolute Gasteiger partial charge is 0.383 e. The second-order valence-corrected chi connectivity index (χ2v) is 4.27. The summed E-state index contributed by atoms with van der Waals surface area (Å²) in [6, 6.07) is 0.433. The summed E-state index contributed by atoms with van der Waals surface area (Å²) >= 11 is 0. The Hall–Kier alpha value is -1.00. The molecule has 0 N–H and O–H groups in total. The number of hydrogen-bond donors (Lipinski definition) is 0. The number of aromatic nitrogens is 2. The van der Waals surface area contributed by atoms with E-state index in [0.29, 0.717) is 6.04 Å². The van der Waals surface area contributed by atoms with Crippen LogP contribution in [0.3, 0.4) is 0 Å². The Morgan fingerprint density at radius 1 is 1.50 bits per heavy atom. The molecule has 1 saturated heterocycles. The van der Waals surface area contributed by atoms with Crippen molar-refractivity contribution in [3.63, 3.8) is 0 Å². The van der Waals surface area contributed by atoms with Gasteiger partial charge in [0.1, 0.15) is 0 Å². The third kappa shape index (κ3) is 2.57. The molecule has 1 fully saturated rings. The van der Waals surface area contributed by atoms with Crippen LogP contribution in [-0.2, 0) is 4.74 Å². The topological polar surface area (TPSA) is 38.2 Å². The lowest BCUT2D eigenvalue weighted by atomic mass is 10.1. The van der Waals surface area contributed by atoms with Crippen molar-refractivity contribution in [3.8, 4) is 0 Å². The van der Waals surface area contributed by atoms with Crippen LogP contribution in [0.1, 0.15) is 30.3 Å². The molecule has 0 aliphatic carbocycles. The smallest absolute Gasteiger partial charge is 0.0761 e. The number of nitrogens with zero attached hydrogens (tertiary/aromatic N) is 3. The summed E-state index contributed by atoms with van der Waals surface area (Å²) < 4.78 is 5.13. The normalized spacial score (nSPS) is 21.5. The van der Waals surface area contributed by atoms with Gasteiger partial charge in [-0.15, -0.1) is 0 Å². The summed E-state index contributed by atoms with van der Waals surface area (Å²) in [5.41, 5.74) is 2.10. The molecule has 0 saturated carbocycles. The van der Waals surface area contributed by atoms with Crippen LogP contribution in [0.4, 0.5) is 0 Å². The number of hydrogen-bond acceptors (Lipinski definition) is 4. The van der Waals surface area contributed by atoms with Crippen molar-refractivity contribution in [1.82, 2.24) is 14.9 Å². The van der Waals surface area contributed by atoms with Crippen molar-refractivity contribution >= 4 is 0 Å². The van der Waals surface area contributed by atoms with E-state index in [1.807, 2.05) is 13.1 Å². The van der Waals surface area contributed by atoms with Gasteiger partial charge in [-0.25, -0.2) is 0 Å². The molecule has 1 aliphatic rings. The first kappa shape index (κ1) is 11.5. The van der Waals surface area contributed by atoms with Crippen LogP contribution in [0.5, 0.6) is 0 Å². The maximum Gasteiger partial charge on any atom is 0.0761 e. The van der Waals surface area contributed by atoms with Gasteiger partial charge in [0, 0.05) is 26.0 Å². The molecule has 1 aliphatic heterocycles. The minimum atomic E-state index is 0.433. The highest BCUT2D eigenvalue weighted by Crippen LogP contribution is 2.29. The molecule has 0 aromatic carbocycles. The molecule has 1 aromatic rings. The zero-order valence-electron chi connectivity index (χ0n) is 10.0. The van der Waals surface area contributed by atoms with Crippen LogP contribution in [0, 0.1) is 6.92 Å². The predicted molar refractivity (Wildman–Crippen MR) is 62.2 cm³/mol. The van der Waals surface area contributed by atoms with Gasteiger partial charge in [0.25, 0.3) is 0 Å². The third-order valence-electron chi connectivity index (χ3n) is 3.06. The monoisotopic (exact) mass is 221 g/mol. The summed E-state index contributed by atoms with van der Waals surface area (Å²) in [7, 11) is 1.75. The fraction of sp³-hybridized carbons (Fsp3) is 0.667. The third-order valence-corrected chi connectivity index (χ3v) is 3.06. The molecule has 0 radical (unpaired) electrons. The second kappa shape index (κ2) is 5.37. The van der Waals surface area contributed by atoms with Crippen LogP contribution in [0.15, 0.2) is 12.4 Å². The van der Waals surface area contributed by atoms with E-state index in [4.69, 9.17) is 4.74 Å². The molecule has 2 heterocycles. The number of ether oxygens (including phenoxy) is 1. The van der Waals surface area contributed by atoms with E-state index in [2.05, 4.69) is 14.9 Å². The van der Waals surface area contributed by atoms with Gasteiger partial charge in [-0.2, -0.15) is 0 Å². The maximum absolute atomic E-state index is 5.13. The Labute approximate surface area is 96.7 Å². The molecule has 1 aromatic heterocycles. The molecule has 0 unspecified atom stereocenters. The van der Waals surface area contributed by atoms with E-state index < -0.39 is 0 Å². The van der Waals surface area contributed by atoms with Gasteiger partial charge in [0.05, 0.1) is 24.0 Å². The Morgan fingerprint density at radius 2 is 2.38 bits per heavy atom. The zero-order chi connectivity index (χ0) is 11.4. The highest BCUT2D eigenvalue weighted by Gasteiger charge is 2.26. The molecule has 2 rings (SSSR count). The van der Waals surface area contributed by atoms with Crippen molar-refractivity contribution in [2.75, 3.05) is 26.8 Å². The van der Waals surface area contributed by atoms with Crippen molar-refractivity contribution in [2.45, 2.75) is 25.8 Å². The highest BCUT2D eigenvalue weighted by atomic mass is 16.5. The van der Waals surface area contributed by atoms with Gasteiger partial charge in [0.2, 0.25) is 0 Å². The number of methoxy groups -OCH3 is 1. The van der Waals surface area contributed by atoms with E-state index in [0.717, 1.165) is 31.1 Å². The number of likely N-dealkylation sites (tertiary alicyclic amines) is 1. The first-order valence-electron chi connectivity index (χ1n) is 5.83. The van der Waals surface area contributed by atoms with Crippen molar-refractivity contribution < 1.29 is 4.74 Å². The molecule has 0 spiro atoms. The van der Waals surface area contributed by atoms with Gasteiger partial charge in [-0.3, -0.25) is 14.9 Å². The van der Waals surface area contributed by atoms with E-state index in [-0.39, 0.29) is 0 Å². The summed E-state index contributed by atoms with van der Waals surface area (Å²) in [6.45, 7) is 4.90. The lowest BCUT2D eigenvalue weighted by Crippen LogP contribution is -2.27. The van der Waals surface area contributed by atoms with E-state index in [1.54, 1.807) is 13.3 Å². The van der Waals surface area contributed by atoms with Crippen LogP contribution < -0.4 is 0 Å². The fourth-order valence-corrected chi connectivity index (χ4v) is 2.28. The van der Waals surface area contributed by atoms with Gasteiger partial charge in [-0.05, 0) is 26.3 Å². The van der Waals surface area contributed by atoms with Crippen LogP contribution in [0.25, 0.3) is 0 Å². The van der Waals surface area contributed by atoms with E-state index in [9.17, 15) is 0 Å².